The molecule has 0 saturated carbocycles. The molecule has 0 bridgehead atoms. The molecular formula is C23H22N4O4. The molecule has 8 heteroatoms. The second kappa shape index (κ2) is 7.23. The van der Waals surface area contributed by atoms with Crippen molar-refractivity contribution in [1.29, 1.82) is 0 Å². The molecule has 0 spiro atoms. The van der Waals surface area contributed by atoms with Crippen molar-refractivity contribution in [2.45, 2.75) is 44.2 Å². The molecule has 8 nitrogen and oxygen atoms in total. The van der Waals surface area contributed by atoms with E-state index >= 15 is 0 Å². The molecule has 1 aliphatic carbocycles. The van der Waals surface area contributed by atoms with E-state index in [1.54, 1.807) is 18.2 Å². The van der Waals surface area contributed by atoms with Crippen molar-refractivity contribution < 1.29 is 19.2 Å². The summed E-state index contributed by atoms with van der Waals surface area (Å²) in [4.78, 5) is 50.5. The number of benzene rings is 2. The third-order valence-corrected chi connectivity index (χ3v) is 6.26. The zero-order valence-electron chi connectivity index (χ0n) is 16.8. The van der Waals surface area contributed by atoms with Crippen molar-refractivity contribution in [2.75, 3.05) is 11.1 Å². The first kappa shape index (κ1) is 19.3. The number of nitrogens with zero attached hydrogens (tertiary/aromatic N) is 1. The molecule has 4 amide bonds. The highest BCUT2D eigenvalue weighted by Crippen LogP contribution is 2.35. The number of fused-ring (bicyclic) bond motifs is 2. The van der Waals surface area contributed by atoms with E-state index in [0.29, 0.717) is 0 Å². The number of rotatable bonds is 3. The lowest BCUT2D eigenvalue weighted by molar-refractivity contribution is -0.136. The van der Waals surface area contributed by atoms with Crippen LogP contribution in [0.1, 0.15) is 63.6 Å². The van der Waals surface area contributed by atoms with E-state index < -0.39 is 23.8 Å². The third-order valence-electron chi connectivity index (χ3n) is 6.26. The van der Waals surface area contributed by atoms with Crippen LogP contribution in [0, 0.1) is 0 Å². The number of carbonyl (C=O) groups excluding carboxylic acids is 4. The van der Waals surface area contributed by atoms with E-state index in [-0.39, 0.29) is 35.9 Å². The summed E-state index contributed by atoms with van der Waals surface area (Å²) in [6, 6.07) is 10.1. The van der Waals surface area contributed by atoms with Crippen molar-refractivity contribution in [3.63, 3.8) is 0 Å². The molecule has 2 aromatic carbocycles. The smallest absolute Gasteiger partial charge is 0.262 e. The van der Waals surface area contributed by atoms with Crippen LogP contribution in [0.25, 0.3) is 0 Å². The summed E-state index contributed by atoms with van der Waals surface area (Å²) in [5, 5.41) is 5.69. The number of nitrogen functional groups attached to an aromatic ring is 1. The Bertz CT molecular complexity index is 1140. The molecule has 0 aromatic heterocycles. The summed E-state index contributed by atoms with van der Waals surface area (Å²) in [5.41, 5.74) is 10.4. The fourth-order valence-electron chi connectivity index (χ4n) is 4.75. The highest BCUT2D eigenvalue weighted by molar-refractivity contribution is 6.23. The minimum Gasteiger partial charge on any atom is -0.399 e. The van der Waals surface area contributed by atoms with Crippen molar-refractivity contribution in [3.05, 3.63) is 58.7 Å². The Hall–Kier alpha value is -3.68. The quantitative estimate of drug-likeness (QED) is 0.519. The number of piperidine rings is 1. The van der Waals surface area contributed by atoms with Crippen molar-refractivity contribution in [1.82, 2.24) is 10.2 Å². The SMILES string of the molecule is Nc1ccc2c(c1)CCCC2Nc1ccc2c(c1)C(=O)N(C1CCC(=O)NC1=O)C2=O. The Balaban J connectivity index is 1.40. The lowest BCUT2D eigenvalue weighted by atomic mass is 9.87. The third kappa shape index (κ3) is 3.24. The van der Waals surface area contributed by atoms with E-state index in [1.165, 1.54) is 11.1 Å². The van der Waals surface area contributed by atoms with Crippen molar-refractivity contribution in [2.24, 2.45) is 0 Å². The van der Waals surface area contributed by atoms with Gasteiger partial charge in [0.15, 0.2) is 0 Å². The van der Waals surface area contributed by atoms with Gasteiger partial charge in [-0.1, -0.05) is 6.07 Å². The standard InChI is InChI=1S/C23H22N4O4/c24-13-4-6-15-12(10-13)2-1-3-18(15)25-14-5-7-16-17(11-14)23(31)27(22(16)30)19-8-9-20(28)26-21(19)29/h4-7,10-11,18-19,25H,1-3,8-9,24H2,(H,26,28,29). The fraction of sp³-hybridized carbons (Fsp3) is 0.304. The summed E-state index contributed by atoms with van der Waals surface area (Å²) < 4.78 is 0. The minimum atomic E-state index is -0.961. The second-order valence-electron chi connectivity index (χ2n) is 8.25. The van der Waals surface area contributed by atoms with Gasteiger partial charge in [-0.25, -0.2) is 0 Å². The van der Waals surface area contributed by atoms with Gasteiger partial charge in [-0.2, -0.15) is 0 Å². The van der Waals surface area contributed by atoms with E-state index in [1.807, 2.05) is 18.2 Å². The highest BCUT2D eigenvalue weighted by atomic mass is 16.2. The molecule has 31 heavy (non-hydrogen) atoms. The average Bonchev–Trinajstić information content (AvgIpc) is 2.98. The predicted octanol–water partition coefficient (Wildman–Crippen LogP) is 2.16. The molecule has 3 aliphatic rings. The number of hydrogen-bond donors (Lipinski definition) is 3. The van der Waals surface area contributed by atoms with Crippen LogP contribution in [-0.4, -0.2) is 34.6 Å². The normalized spacial score (nSPS) is 22.8. The Morgan fingerprint density at radius 2 is 1.74 bits per heavy atom. The largest absolute Gasteiger partial charge is 0.399 e. The van der Waals surface area contributed by atoms with Gasteiger partial charge in [-0.05, 0) is 67.1 Å². The molecule has 1 saturated heterocycles. The number of imide groups is 2. The molecule has 5 rings (SSSR count). The average molecular weight is 418 g/mol. The van der Waals surface area contributed by atoms with Crippen LogP contribution in [0.2, 0.25) is 0 Å². The number of aryl methyl sites for hydroxylation is 1. The van der Waals surface area contributed by atoms with Gasteiger partial charge >= 0.3 is 0 Å². The van der Waals surface area contributed by atoms with Gasteiger partial charge in [0.05, 0.1) is 17.2 Å². The van der Waals surface area contributed by atoms with Crippen molar-refractivity contribution >= 4 is 35.0 Å². The minimum absolute atomic E-state index is 0.0841. The molecule has 1 fully saturated rings. The zero-order valence-corrected chi connectivity index (χ0v) is 16.8. The summed E-state index contributed by atoms with van der Waals surface area (Å²) in [5.74, 6) is -2.00. The van der Waals surface area contributed by atoms with Crippen LogP contribution >= 0.6 is 0 Å². The molecule has 0 radical (unpaired) electrons. The Kier molecular flexibility index (Phi) is 4.50. The maximum Gasteiger partial charge on any atom is 0.262 e. The molecule has 2 aromatic rings. The first-order valence-corrected chi connectivity index (χ1v) is 10.4. The topological polar surface area (TPSA) is 122 Å². The van der Waals surface area contributed by atoms with Gasteiger partial charge in [0.25, 0.3) is 11.8 Å². The molecule has 2 atom stereocenters. The number of anilines is 2. The van der Waals surface area contributed by atoms with Crippen LogP contribution in [0.3, 0.4) is 0 Å². The van der Waals surface area contributed by atoms with Crippen LogP contribution in [0.5, 0.6) is 0 Å². The Labute approximate surface area is 178 Å². The molecule has 158 valence electrons. The lowest BCUT2D eigenvalue weighted by Gasteiger charge is -2.28. The highest BCUT2D eigenvalue weighted by Gasteiger charge is 2.44. The molecular weight excluding hydrogens is 396 g/mol. The van der Waals surface area contributed by atoms with Gasteiger partial charge in [0, 0.05) is 17.8 Å². The van der Waals surface area contributed by atoms with Gasteiger partial charge in [-0.3, -0.25) is 29.4 Å². The van der Waals surface area contributed by atoms with Gasteiger partial charge < -0.3 is 11.1 Å². The number of carbonyl (C=O) groups is 4. The first-order chi connectivity index (χ1) is 14.9. The summed E-state index contributed by atoms with van der Waals surface area (Å²) in [6.07, 6.45) is 3.20. The summed E-state index contributed by atoms with van der Waals surface area (Å²) in [6.45, 7) is 0. The van der Waals surface area contributed by atoms with Crippen LogP contribution in [0.4, 0.5) is 11.4 Å². The number of hydrogen-bond acceptors (Lipinski definition) is 6. The summed E-state index contributed by atoms with van der Waals surface area (Å²) in [7, 11) is 0. The van der Waals surface area contributed by atoms with E-state index in [2.05, 4.69) is 10.6 Å². The lowest BCUT2D eigenvalue weighted by Crippen LogP contribution is -2.54. The number of amides is 4. The van der Waals surface area contributed by atoms with Gasteiger partial charge in [-0.15, -0.1) is 0 Å². The summed E-state index contributed by atoms with van der Waals surface area (Å²) >= 11 is 0. The second-order valence-corrected chi connectivity index (χ2v) is 8.25. The molecule has 2 heterocycles. The molecule has 2 aliphatic heterocycles. The van der Waals surface area contributed by atoms with Crippen LogP contribution in [0.15, 0.2) is 36.4 Å². The number of nitrogens with two attached hydrogens (primary N) is 1. The zero-order chi connectivity index (χ0) is 21.7. The molecule has 4 N–H and O–H groups in total. The fourth-order valence-corrected chi connectivity index (χ4v) is 4.75. The van der Waals surface area contributed by atoms with E-state index in [9.17, 15) is 19.2 Å². The van der Waals surface area contributed by atoms with E-state index in [0.717, 1.165) is 35.5 Å². The Morgan fingerprint density at radius 3 is 2.55 bits per heavy atom. The van der Waals surface area contributed by atoms with Crippen molar-refractivity contribution in [3.8, 4) is 0 Å². The van der Waals surface area contributed by atoms with Crippen LogP contribution in [-0.2, 0) is 16.0 Å². The van der Waals surface area contributed by atoms with Crippen LogP contribution < -0.4 is 16.4 Å². The number of nitrogens with one attached hydrogen (secondary N) is 2. The Morgan fingerprint density at radius 1 is 0.935 bits per heavy atom. The molecule has 2 unspecified atom stereocenters. The monoisotopic (exact) mass is 418 g/mol. The van der Waals surface area contributed by atoms with Gasteiger partial charge in [0.1, 0.15) is 6.04 Å². The van der Waals surface area contributed by atoms with E-state index in [4.69, 9.17) is 5.73 Å². The first-order valence-electron chi connectivity index (χ1n) is 10.4. The maximum absolute atomic E-state index is 13.0. The predicted molar refractivity (Wildman–Crippen MR) is 113 cm³/mol. The maximum atomic E-state index is 13.0. The van der Waals surface area contributed by atoms with Gasteiger partial charge in [0.2, 0.25) is 11.8 Å².